The molecule has 0 aromatic carbocycles. The number of hydrogen-bond donors (Lipinski definition) is 0. The normalized spacial score (nSPS) is 12.4. The van der Waals surface area contributed by atoms with E-state index in [4.69, 9.17) is 23.2 Å². The van der Waals surface area contributed by atoms with E-state index in [9.17, 15) is 0 Å². The zero-order valence-corrected chi connectivity index (χ0v) is 12.7. The van der Waals surface area contributed by atoms with E-state index in [1.165, 1.54) is 38.5 Å². The molecule has 0 heterocycles. The van der Waals surface area contributed by atoms with Gasteiger partial charge in [0, 0.05) is 11.8 Å². The Morgan fingerprint density at radius 2 is 1.50 bits per heavy atom. The van der Waals surface area contributed by atoms with Gasteiger partial charge in [-0.15, -0.1) is 23.2 Å². The number of hydrogen-bond acceptors (Lipinski definition) is 0. The monoisotopic (exact) mass is 266 g/mol. The van der Waals surface area contributed by atoms with Crippen LogP contribution in [0.15, 0.2) is 0 Å². The number of alkyl halides is 2. The van der Waals surface area contributed by atoms with Gasteiger partial charge in [-0.25, -0.2) is 0 Å². The highest BCUT2D eigenvalue weighted by Gasteiger charge is 2.28. The van der Waals surface area contributed by atoms with Crippen LogP contribution in [-0.4, -0.2) is 11.8 Å². The van der Waals surface area contributed by atoms with Gasteiger partial charge in [0.05, 0.1) is 0 Å². The quantitative estimate of drug-likeness (QED) is 0.343. The van der Waals surface area contributed by atoms with Crippen molar-refractivity contribution in [3.05, 3.63) is 0 Å². The average molecular weight is 267 g/mol. The van der Waals surface area contributed by atoms with Crippen molar-refractivity contribution in [3.8, 4) is 0 Å². The summed E-state index contributed by atoms with van der Waals surface area (Å²) < 4.78 is 0. The van der Waals surface area contributed by atoms with Gasteiger partial charge in [-0.1, -0.05) is 52.9 Å². The maximum absolute atomic E-state index is 6.12. The summed E-state index contributed by atoms with van der Waals surface area (Å²) in [5.74, 6) is 2.11. The molecule has 0 aromatic rings. The summed E-state index contributed by atoms with van der Waals surface area (Å²) in [6, 6.07) is 0. The second kappa shape index (κ2) is 9.59. The fourth-order valence-electron chi connectivity index (χ4n) is 2.35. The predicted octanol–water partition coefficient (Wildman–Crippen LogP) is 5.86. The maximum Gasteiger partial charge on any atom is 0.0291 e. The van der Waals surface area contributed by atoms with Crippen molar-refractivity contribution in [1.29, 1.82) is 0 Å². The molecule has 0 bridgehead atoms. The van der Waals surface area contributed by atoms with Crippen LogP contribution in [0.25, 0.3) is 0 Å². The van der Waals surface area contributed by atoms with Gasteiger partial charge in [-0.05, 0) is 24.2 Å². The lowest BCUT2D eigenvalue weighted by atomic mass is 9.79. The molecule has 0 radical (unpaired) electrons. The maximum atomic E-state index is 6.12. The molecule has 0 saturated heterocycles. The van der Waals surface area contributed by atoms with Crippen LogP contribution in [0.2, 0.25) is 0 Å². The molecular weight excluding hydrogens is 239 g/mol. The van der Waals surface area contributed by atoms with Crippen LogP contribution in [0.5, 0.6) is 0 Å². The molecule has 16 heavy (non-hydrogen) atoms. The molecule has 0 saturated carbocycles. The molecule has 0 nitrogen and oxygen atoms in total. The van der Waals surface area contributed by atoms with Gasteiger partial charge in [0.2, 0.25) is 0 Å². The zero-order chi connectivity index (χ0) is 12.4. The Morgan fingerprint density at radius 3 is 1.94 bits per heavy atom. The second-order valence-electron chi connectivity index (χ2n) is 5.53. The van der Waals surface area contributed by atoms with Crippen molar-refractivity contribution in [2.45, 2.75) is 65.7 Å². The van der Waals surface area contributed by atoms with Crippen molar-refractivity contribution >= 4 is 23.2 Å². The van der Waals surface area contributed by atoms with E-state index in [2.05, 4.69) is 20.8 Å². The third kappa shape index (κ3) is 7.01. The molecule has 0 aromatic heterocycles. The summed E-state index contributed by atoms with van der Waals surface area (Å²) >= 11 is 12.2. The Hall–Kier alpha value is 0.580. The molecule has 0 unspecified atom stereocenters. The lowest BCUT2D eigenvalue weighted by Crippen LogP contribution is -2.27. The molecule has 0 rings (SSSR count). The van der Waals surface area contributed by atoms with Crippen LogP contribution in [-0.2, 0) is 0 Å². The standard InChI is InChI=1S/C14H28Cl2/c1-4-5-6-7-8-9-14(11-15,12-16)10-13(2)3/h13H,4-12H2,1-3H3. The summed E-state index contributed by atoms with van der Waals surface area (Å²) in [4.78, 5) is 0. The first-order valence-corrected chi connectivity index (χ1v) is 7.79. The molecule has 2 heteroatoms. The highest BCUT2D eigenvalue weighted by atomic mass is 35.5. The van der Waals surface area contributed by atoms with Gasteiger partial charge in [0.15, 0.2) is 0 Å². The van der Waals surface area contributed by atoms with Crippen LogP contribution in [0.1, 0.15) is 65.7 Å². The summed E-state index contributed by atoms with van der Waals surface area (Å²) in [6.45, 7) is 6.76. The Bertz CT molecular complexity index is 151. The molecule has 98 valence electrons. The minimum atomic E-state index is 0.184. The van der Waals surface area contributed by atoms with E-state index >= 15 is 0 Å². The van der Waals surface area contributed by atoms with Crippen LogP contribution in [0.4, 0.5) is 0 Å². The minimum absolute atomic E-state index is 0.184. The largest absolute Gasteiger partial charge is 0.126 e. The summed E-state index contributed by atoms with van der Waals surface area (Å²) in [5, 5.41) is 0. The Kier molecular flexibility index (Phi) is 9.94. The van der Waals surface area contributed by atoms with E-state index < -0.39 is 0 Å². The second-order valence-corrected chi connectivity index (χ2v) is 6.06. The number of halogens is 2. The third-order valence-electron chi connectivity index (χ3n) is 3.22. The van der Waals surface area contributed by atoms with Gasteiger partial charge in [-0.2, -0.15) is 0 Å². The first kappa shape index (κ1) is 16.6. The molecule has 0 aliphatic rings. The Morgan fingerprint density at radius 1 is 0.938 bits per heavy atom. The van der Waals surface area contributed by atoms with Crippen molar-refractivity contribution in [2.75, 3.05) is 11.8 Å². The Balaban J connectivity index is 3.92. The smallest absolute Gasteiger partial charge is 0.0291 e. The van der Waals surface area contributed by atoms with Gasteiger partial charge in [-0.3, -0.25) is 0 Å². The number of unbranched alkanes of at least 4 members (excludes halogenated alkanes) is 4. The zero-order valence-electron chi connectivity index (χ0n) is 11.2. The highest BCUT2D eigenvalue weighted by molar-refractivity contribution is 6.21. The minimum Gasteiger partial charge on any atom is -0.126 e. The molecule has 0 N–H and O–H groups in total. The highest BCUT2D eigenvalue weighted by Crippen LogP contribution is 2.35. The molecule has 0 atom stereocenters. The molecular formula is C14H28Cl2. The summed E-state index contributed by atoms with van der Waals surface area (Å²) in [5.41, 5.74) is 0.184. The van der Waals surface area contributed by atoms with Gasteiger partial charge >= 0.3 is 0 Å². The topological polar surface area (TPSA) is 0 Å². The fourth-order valence-corrected chi connectivity index (χ4v) is 3.12. The summed E-state index contributed by atoms with van der Waals surface area (Å²) in [6.07, 6.45) is 9.00. The lowest BCUT2D eigenvalue weighted by Gasteiger charge is -2.31. The molecule has 0 spiro atoms. The van der Waals surface area contributed by atoms with Crippen LogP contribution in [0.3, 0.4) is 0 Å². The SMILES string of the molecule is CCCCCCCC(CCl)(CCl)CC(C)C. The molecule has 0 aliphatic carbocycles. The fraction of sp³-hybridized carbons (Fsp3) is 1.00. The van der Waals surface area contributed by atoms with Gasteiger partial charge in [0.25, 0.3) is 0 Å². The van der Waals surface area contributed by atoms with E-state index in [-0.39, 0.29) is 5.41 Å². The first-order valence-electron chi connectivity index (χ1n) is 6.72. The van der Waals surface area contributed by atoms with E-state index in [1.807, 2.05) is 0 Å². The molecule has 0 amide bonds. The van der Waals surface area contributed by atoms with E-state index in [0.29, 0.717) is 17.7 Å². The van der Waals surface area contributed by atoms with Gasteiger partial charge in [0.1, 0.15) is 0 Å². The van der Waals surface area contributed by atoms with E-state index in [1.54, 1.807) is 0 Å². The van der Waals surface area contributed by atoms with Crippen LogP contribution in [0, 0.1) is 11.3 Å². The Labute approximate surface area is 112 Å². The van der Waals surface area contributed by atoms with Crippen molar-refractivity contribution in [2.24, 2.45) is 11.3 Å². The van der Waals surface area contributed by atoms with Crippen molar-refractivity contribution in [1.82, 2.24) is 0 Å². The predicted molar refractivity (Wildman–Crippen MR) is 76.7 cm³/mol. The molecule has 0 fully saturated rings. The lowest BCUT2D eigenvalue weighted by molar-refractivity contribution is 0.266. The van der Waals surface area contributed by atoms with Crippen molar-refractivity contribution in [3.63, 3.8) is 0 Å². The average Bonchev–Trinajstić information content (AvgIpc) is 2.26. The number of rotatable bonds is 10. The van der Waals surface area contributed by atoms with E-state index in [0.717, 1.165) is 6.42 Å². The van der Waals surface area contributed by atoms with Gasteiger partial charge < -0.3 is 0 Å². The molecule has 0 aliphatic heterocycles. The van der Waals surface area contributed by atoms with Crippen molar-refractivity contribution < 1.29 is 0 Å². The van der Waals surface area contributed by atoms with Crippen LogP contribution < -0.4 is 0 Å². The van der Waals surface area contributed by atoms with Crippen LogP contribution >= 0.6 is 23.2 Å². The first-order chi connectivity index (χ1) is 7.60. The third-order valence-corrected chi connectivity index (χ3v) is 4.35. The summed E-state index contributed by atoms with van der Waals surface area (Å²) in [7, 11) is 0.